The highest BCUT2D eigenvalue weighted by Gasteiger charge is 2.43. The number of rotatable bonds is 6. The molecule has 1 aliphatic heterocycles. The van der Waals surface area contributed by atoms with Gasteiger partial charge in [0.15, 0.2) is 5.78 Å². The summed E-state index contributed by atoms with van der Waals surface area (Å²) in [6.45, 7) is 4.07. The molecule has 2 N–H and O–H groups in total. The van der Waals surface area contributed by atoms with E-state index in [0.717, 1.165) is 16.8 Å². The molecule has 1 aliphatic carbocycles. The van der Waals surface area contributed by atoms with Crippen LogP contribution in [0.15, 0.2) is 89.9 Å². The van der Waals surface area contributed by atoms with E-state index in [2.05, 4.69) is 24.8 Å². The Kier molecular flexibility index (Phi) is 6.34. The van der Waals surface area contributed by atoms with E-state index in [1.807, 2.05) is 66.6 Å². The third-order valence-corrected chi connectivity index (χ3v) is 6.19. The Morgan fingerprint density at radius 2 is 1.85 bits per heavy atom. The molecule has 0 unspecified atom stereocenters. The molecule has 168 valence electrons. The fraction of sp³-hybridized carbons (Fsp3) is 0.259. The smallest absolute Gasteiger partial charge is 0.162 e. The van der Waals surface area contributed by atoms with Gasteiger partial charge in [0.2, 0.25) is 0 Å². The molecule has 0 saturated heterocycles. The van der Waals surface area contributed by atoms with Crippen molar-refractivity contribution in [1.29, 1.82) is 5.26 Å². The number of nitrogens with zero attached hydrogens (tertiary/aromatic N) is 3. The van der Waals surface area contributed by atoms with Gasteiger partial charge in [-0.3, -0.25) is 9.80 Å². The molecule has 2 atom stereocenters. The van der Waals surface area contributed by atoms with Crippen LogP contribution in [-0.4, -0.2) is 36.5 Å². The Morgan fingerprint density at radius 1 is 1.15 bits per heavy atom. The van der Waals surface area contributed by atoms with Gasteiger partial charge in [0.1, 0.15) is 18.2 Å². The molecular formula is C27H28N4O2. The van der Waals surface area contributed by atoms with Gasteiger partial charge in [-0.2, -0.15) is 5.26 Å². The molecule has 0 aromatic heterocycles. The van der Waals surface area contributed by atoms with Crippen molar-refractivity contribution in [2.24, 2.45) is 5.73 Å². The van der Waals surface area contributed by atoms with Crippen LogP contribution in [0, 0.1) is 11.3 Å². The minimum Gasteiger partial charge on any atom is -0.490 e. The molecule has 33 heavy (non-hydrogen) atoms. The molecular weight excluding hydrogens is 412 g/mol. The second-order valence-electron chi connectivity index (χ2n) is 8.47. The highest BCUT2D eigenvalue weighted by Crippen LogP contribution is 2.48. The Bertz CT molecular complexity index is 1160. The van der Waals surface area contributed by atoms with Gasteiger partial charge >= 0.3 is 0 Å². The number of ether oxygens (including phenoxy) is 1. The first kappa shape index (κ1) is 22.4. The van der Waals surface area contributed by atoms with E-state index < -0.39 is 5.92 Å². The minimum absolute atomic E-state index is 0.0502. The SMILES string of the molecule is C=CCOc1ccc([C@H]2C(C#N)=C(N)N(N(C)C)C3=C2C(=O)C[C@H](c2ccccc2)C3)cc1. The van der Waals surface area contributed by atoms with E-state index in [-0.39, 0.29) is 11.7 Å². The molecule has 6 heteroatoms. The molecule has 0 amide bonds. The summed E-state index contributed by atoms with van der Waals surface area (Å²) < 4.78 is 5.60. The molecule has 2 aromatic carbocycles. The summed E-state index contributed by atoms with van der Waals surface area (Å²) in [7, 11) is 3.74. The van der Waals surface area contributed by atoms with Gasteiger partial charge < -0.3 is 10.5 Å². The van der Waals surface area contributed by atoms with Gasteiger partial charge in [-0.1, -0.05) is 55.1 Å². The summed E-state index contributed by atoms with van der Waals surface area (Å²) in [6.07, 6.45) is 2.75. The van der Waals surface area contributed by atoms with Crippen LogP contribution in [0.5, 0.6) is 5.75 Å². The molecule has 4 rings (SSSR count). The summed E-state index contributed by atoms with van der Waals surface area (Å²) in [5.74, 6) is 0.674. The Balaban J connectivity index is 1.82. The fourth-order valence-electron chi connectivity index (χ4n) is 4.77. The highest BCUT2D eigenvalue weighted by atomic mass is 16.5. The van der Waals surface area contributed by atoms with E-state index in [9.17, 15) is 10.1 Å². The van der Waals surface area contributed by atoms with Crippen LogP contribution in [0.3, 0.4) is 0 Å². The first-order valence-corrected chi connectivity index (χ1v) is 11.0. The summed E-state index contributed by atoms with van der Waals surface area (Å²) >= 11 is 0. The standard InChI is InChI=1S/C27H28N4O2/c1-4-14-33-21-12-10-19(11-13-21)25-22(17-28)27(29)31(30(2)3)23-15-20(16-24(32)26(23)25)18-8-6-5-7-9-18/h4-13,20,25H,1,14-16,29H2,2-3H3/t20-,25+/m1/s1. The van der Waals surface area contributed by atoms with Gasteiger partial charge in [-0.05, 0) is 35.6 Å². The topological polar surface area (TPSA) is 82.6 Å². The van der Waals surface area contributed by atoms with E-state index >= 15 is 0 Å². The molecule has 6 nitrogen and oxygen atoms in total. The summed E-state index contributed by atoms with van der Waals surface area (Å²) in [6, 6.07) is 19.9. The van der Waals surface area contributed by atoms with Crippen LogP contribution in [0.1, 0.15) is 35.8 Å². The molecule has 0 radical (unpaired) electrons. The maximum Gasteiger partial charge on any atom is 0.162 e. The fourth-order valence-corrected chi connectivity index (χ4v) is 4.77. The number of hydrogen-bond acceptors (Lipinski definition) is 6. The zero-order valence-corrected chi connectivity index (χ0v) is 19.0. The number of benzene rings is 2. The third-order valence-electron chi connectivity index (χ3n) is 6.19. The van der Waals surface area contributed by atoms with Crippen LogP contribution >= 0.6 is 0 Å². The number of hydrogen-bond donors (Lipinski definition) is 1. The van der Waals surface area contributed by atoms with Gasteiger partial charge in [-0.15, -0.1) is 0 Å². The average Bonchev–Trinajstić information content (AvgIpc) is 2.82. The van der Waals surface area contributed by atoms with Gasteiger partial charge in [-0.25, -0.2) is 5.01 Å². The zero-order chi connectivity index (χ0) is 23.5. The number of carbonyl (C=O) groups is 1. The van der Waals surface area contributed by atoms with Crippen molar-refractivity contribution in [2.45, 2.75) is 24.7 Å². The van der Waals surface area contributed by atoms with E-state index in [0.29, 0.717) is 42.2 Å². The van der Waals surface area contributed by atoms with Crippen molar-refractivity contribution in [3.8, 4) is 11.8 Å². The highest BCUT2D eigenvalue weighted by molar-refractivity contribution is 6.00. The van der Waals surface area contributed by atoms with E-state index in [1.54, 1.807) is 6.08 Å². The maximum atomic E-state index is 13.6. The van der Waals surface area contributed by atoms with Crippen LogP contribution in [0.4, 0.5) is 0 Å². The number of hydrazine groups is 1. The Morgan fingerprint density at radius 3 is 2.45 bits per heavy atom. The summed E-state index contributed by atoms with van der Waals surface area (Å²) in [5.41, 5.74) is 10.4. The number of nitriles is 1. The largest absolute Gasteiger partial charge is 0.490 e. The average molecular weight is 441 g/mol. The minimum atomic E-state index is -0.501. The lowest BCUT2D eigenvalue weighted by molar-refractivity contribution is -0.117. The Hall–Kier alpha value is -3.82. The van der Waals surface area contributed by atoms with Crippen molar-refractivity contribution in [2.75, 3.05) is 20.7 Å². The van der Waals surface area contributed by atoms with Crippen molar-refractivity contribution < 1.29 is 9.53 Å². The lowest BCUT2D eigenvalue weighted by Gasteiger charge is -2.43. The molecule has 2 aliphatic rings. The van der Waals surface area contributed by atoms with E-state index in [4.69, 9.17) is 10.5 Å². The van der Waals surface area contributed by atoms with Crippen molar-refractivity contribution in [3.05, 3.63) is 101 Å². The number of nitrogens with two attached hydrogens (primary N) is 1. The quantitative estimate of drug-likeness (QED) is 0.677. The molecule has 0 fully saturated rings. The number of Topliss-reactive ketones (excluding diaryl/α,β-unsaturated/α-hetero) is 1. The molecule has 0 bridgehead atoms. The lowest BCUT2D eigenvalue weighted by Crippen LogP contribution is -2.46. The first-order chi connectivity index (χ1) is 16.0. The van der Waals surface area contributed by atoms with Gasteiger partial charge in [0.05, 0.1) is 17.6 Å². The van der Waals surface area contributed by atoms with E-state index in [1.165, 1.54) is 0 Å². The summed E-state index contributed by atoms with van der Waals surface area (Å²) in [5, 5.41) is 13.7. The molecule has 1 heterocycles. The van der Waals surface area contributed by atoms with Crippen LogP contribution in [-0.2, 0) is 4.79 Å². The van der Waals surface area contributed by atoms with Crippen molar-refractivity contribution in [3.63, 3.8) is 0 Å². The van der Waals surface area contributed by atoms with Gasteiger partial charge in [0.25, 0.3) is 0 Å². The first-order valence-electron chi connectivity index (χ1n) is 11.0. The third kappa shape index (κ3) is 4.15. The number of carbonyl (C=O) groups excluding carboxylic acids is 1. The molecule has 0 saturated carbocycles. The number of allylic oxidation sites excluding steroid dienone is 3. The Labute approximate surface area is 194 Å². The predicted molar refractivity (Wildman–Crippen MR) is 128 cm³/mol. The summed E-state index contributed by atoms with van der Waals surface area (Å²) in [4.78, 5) is 13.6. The zero-order valence-electron chi connectivity index (χ0n) is 19.0. The van der Waals surface area contributed by atoms with Crippen LogP contribution < -0.4 is 10.5 Å². The maximum absolute atomic E-state index is 13.6. The second kappa shape index (κ2) is 9.35. The monoisotopic (exact) mass is 440 g/mol. The van der Waals surface area contributed by atoms with Crippen LogP contribution in [0.25, 0.3) is 0 Å². The second-order valence-corrected chi connectivity index (χ2v) is 8.47. The van der Waals surface area contributed by atoms with Crippen molar-refractivity contribution >= 4 is 5.78 Å². The van der Waals surface area contributed by atoms with Crippen molar-refractivity contribution in [1.82, 2.24) is 10.0 Å². The van der Waals surface area contributed by atoms with Gasteiger partial charge in [0, 0.05) is 31.8 Å². The van der Waals surface area contributed by atoms with Crippen LogP contribution in [0.2, 0.25) is 0 Å². The lowest BCUT2D eigenvalue weighted by atomic mass is 9.72. The molecule has 2 aromatic rings. The predicted octanol–water partition coefficient (Wildman–Crippen LogP) is 4.22. The number of ketones is 1. The molecule has 0 spiro atoms. The normalized spacial score (nSPS) is 20.5.